The van der Waals surface area contributed by atoms with Gasteiger partial charge in [0.2, 0.25) is 0 Å². The normalized spacial score (nSPS) is 13.2. The first-order valence-corrected chi connectivity index (χ1v) is 11.9. The van der Waals surface area contributed by atoms with Crippen molar-refractivity contribution in [2.45, 2.75) is 0 Å². The third kappa shape index (κ3) is 5.55. The maximum atomic E-state index is 12.8. The molecule has 1 fully saturated rings. The first-order valence-electron chi connectivity index (χ1n) is 11.1. The topological polar surface area (TPSA) is 96.3 Å². The van der Waals surface area contributed by atoms with Crippen LogP contribution in [0.1, 0.15) is 20.9 Å². The number of carbonyl (C=O) groups excluding carboxylic acids is 2. The van der Waals surface area contributed by atoms with Crippen LogP contribution in [0.2, 0.25) is 5.02 Å². The number of anilines is 2. The van der Waals surface area contributed by atoms with Gasteiger partial charge in [-0.3, -0.25) is 14.9 Å². The molecule has 1 aromatic heterocycles. The van der Waals surface area contributed by atoms with Crippen molar-refractivity contribution in [3.8, 4) is 11.5 Å². The maximum Gasteiger partial charge on any atom is 0.289 e. The number of furan rings is 1. The summed E-state index contributed by atoms with van der Waals surface area (Å²) in [6.07, 6.45) is 1.49. The summed E-state index contributed by atoms with van der Waals surface area (Å²) in [6, 6.07) is 13.9. The Labute approximate surface area is 218 Å². The van der Waals surface area contributed by atoms with Crippen LogP contribution >= 0.6 is 23.8 Å². The van der Waals surface area contributed by atoms with Crippen LogP contribution in [0, 0.1) is 0 Å². The van der Waals surface area contributed by atoms with E-state index < -0.39 is 5.91 Å². The van der Waals surface area contributed by atoms with Gasteiger partial charge >= 0.3 is 0 Å². The molecule has 9 nitrogen and oxygen atoms in total. The lowest BCUT2D eigenvalue weighted by molar-refractivity contribution is 0.0714. The van der Waals surface area contributed by atoms with Crippen molar-refractivity contribution in [2.24, 2.45) is 0 Å². The van der Waals surface area contributed by atoms with E-state index in [1.54, 1.807) is 41.3 Å². The molecule has 4 rings (SSSR count). The Bertz CT molecular complexity index is 1240. The van der Waals surface area contributed by atoms with Crippen LogP contribution in [0.15, 0.2) is 59.2 Å². The van der Waals surface area contributed by atoms with Crippen LogP contribution in [0.4, 0.5) is 11.4 Å². The van der Waals surface area contributed by atoms with Crippen molar-refractivity contribution in [3.05, 3.63) is 71.1 Å². The minimum absolute atomic E-state index is 0.0989. The predicted octanol–water partition coefficient (Wildman–Crippen LogP) is 4.04. The summed E-state index contributed by atoms with van der Waals surface area (Å²) in [5, 5.41) is 6.24. The number of benzene rings is 2. The Balaban J connectivity index is 1.36. The van der Waals surface area contributed by atoms with Crippen LogP contribution in [-0.4, -0.2) is 62.2 Å². The summed E-state index contributed by atoms with van der Waals surface area (Å²) >= 11 is 11.9. The summed E-state index contributed by atoms with van der Waals surface area (Å²) in [7, 11) is 2.95. The summed E-state index contributed by atoms with van der Waals surface area (Å²) in [4.78, 5) is 29.2. The molecule has 1 aliphatic rings. The fourth-order valence-electron chi connectivity index (χ4n) is 3.95. The molecule has 2 amide bonds. The largest absolute Gasteiger partial charge is 0.496 e. The number of nitrogens with zero attached hydrogens (tertiary/aromatic N) is 2. The van der Waals surface area contributed by atoms with Gasteiger partial charge in [0.05, 0.1) is 31.2 Å². The fraction of sp³-hybridized carbons (Fsp3) is 0.240. The van der Waals surface area contributed by atoms with Crippen molar-refractivity contribution in [2.75, 3.05) is 50.6 Å². The summed E-state index contributed by atoms with van der Waals surface area (Å²) in [5.41, 5.74) is 1.71. The third-order valence-corrected chi connectivity index (χ3v) is 6.23. The highest BCUT2D eigenvalue weighted by Crippen LogP contribution is 2.30. The van der Waals surface area contributed by atoms with E-state index in [4.69, 9.17) is 37.7 Å². The second kappa shape index (κ2) is 11.3. The van der Waals surface area contributed by atoms with Gasteiger partial charge in [0, 0.05) is 31.9 Å². The Morgan fingerprint density at radius 3 is 2.28 bits per heavy atom. The zero-order chi connectivity index (χ0) is 25.7. The minimum atomic E-state index is -0.466. The number of thiocarbonyl (C=S) groups is 1. The van der Waals surface area contributed by atoms with E-state index in [0.29, 0.717) is 54.1 Å². The van der Waals surface area contributed by atoms with Gasteiger partial charge in [-0.25, -0.2) is 0 Å². The van der Waals surface area contributed by atoms with Gasteiger partial charge in [-0.05, 0) is 54.7 Å². The highest BCUT2D eigenvalue weighted by atomic mass is 35.5. The van der Waals surface area contributed by atoms with Crippen LogP contribution < -0.4 is 25.0 Å². The van der Waals surface area contributed by atoms with E-state index >= 15 is 0 Å². The van der Waals surface area contributed by atoms with E-state index in [2.05, 4.69) is 15.5 Å². The van der Waals surface area contributed by atoms with E-state index in [1.165, 1.54) is 20.5 Å². The minimum Gasteiger partial charge on any atom is -0.496 e. The van der Waals surface area contributed by atoms with Crippen LogP contribution in [0.25, 0.3) is 0 Å². The van der Waals surface area contributed by atoms with Crippen molar-refractivity contribution < 1.29 is 23.5 Å². The van der Waals surface area contributed by atoms with Crippen molar-refractivity contribution in [1.82, 2.24) is 10.2 Å². The van der Waals surface area contributed by atoms with Gasteiger partial charge in [0.25, 0.3) is 11.8 Å². The molecule has 0 aliphatic carbocycles. The molecule has 0 unspecified atom stereocenters. The van der Waals surface area contributed by atoms with Crippen LogP contribution in [-0.2, 0) is 0 Å². The highest BCUT2D eigenvalue weighted by molar-refractivity contribution is 7.80. The molecule has 3 aromatic rings. The number of rotatable bonds is 6. The number of piperazine rings is 1. The number of methoxy groups -OCH3 is 2. The summed E-state index contributed by atoms with van der Waals surface area (Å²) in [5.74, 6) is 0.489. The van der Waals surface area contributed by atoms with Gasteiger partial charge < -0.3 is 29.0 Å². The van der Waals surface area contributed by atoms with E-state index in [1.807, 2.05) is 12.1 Å². The lowest BCUT2D eigenvalue weighted by atomic mass is 10.1. The van der Waals surface area contributed by atoms with Crippen molar-refractivity contribution >= 4 is 52.1 Å². The van der Waals surface area contributed by atoms with E-state index in [0.717, 1.165) is 5.69 Å². The number of carbonyl (C=O) groups is 2. The molecule has 2 aromatic carbocycles. The average Bonchev–Trinajstić information content (AvgIpc) is 3.43. The Morgan fingerprint density at radius 1 is 1.00 bits per heavy atom. The van der Waals surface area contributed by atoms with Gasteiger partial charge in [0.1, 0.15) is 17.1 Å². The average molecular weight is 529 g/mol. The van der Waals surface area contributed by atoms with Gasteiger partial charge in [0.15, 0.2) is 10.9 Å². The molecule has 36 heavy (non-hydrogen) atoms. The standard InChI is InChI=1S/C25H25ClN4O5S/c1-33-19-5-3-6-20(34-2)22(19)23(31)28-25(36)27-16-8-9-18(17(26)15-16)29-10-12-30(13-11-29)24(32)21-7-4-14-35-21/h3-9,14-15H,10-13H2,1-2H3,(H2,27,28,31,36). The lowest BCUT2D eigenvalue weighted by Crippen LogP contribution is -2.48. The molecule has 1 aliphatic heterocycles. The number of halogens is 1. The number of ether oxygens (including phenoxy) is 2. The fourth-order valence-corrected chi connectivity index (χ4v) is 4.46. The highest BCUT2D eigenvalue weighted by Gasteiger charge is 2.25. The number of hydrogen-bond donors (Lipinski definition) is 2. The molecule has 0 spiro atoms. The first kappa shape index (κ1) is 25.3. The molecule has 1 saturated heterocycles. The predicted molar refractivity (Wildman–Crippen MR) is 142 cm³/mol. The van der Waals surface area contributed by atoms with E-state index in [-0.39, 0.29) is 16.6 Å². The molecular formula is C25H25ClN4O5S. The molecule has 11 heteroatoms. The number of hydrogen-bond acceptors (Lipinski definition) is 7. The van der Waals surface area contributed by atoms with Crippen molar-refractivity contribution in [3.63, 3.8) is 0 Å². The molecule has 2 heterocycles. The molecule has 0 radical (unpaired) electrons. The molecular weight excluding hydrogens is 504 g/mol. The maximum absolute atomic E-state index is 12.8. The summed E-state index contributed by atoms with van der Waals surface area (Å²) in [6.45, 7) is 2.37. The number of nitrogens with one attached hydrogen (secondary N) is 2. The molecule has 188 valence electrons. The second-order valence-corrected chi connectivity index (χ2v) is 8.68. The zero-order valence-electron chi connectivity index (χ0n) is 19.7. The second-order valence-electron chi connectivity index (χ2n) is 7.87. The van der Waals surface area contributed by atoms with Crippen LogP contribution in [0.3, 0.4) is 0 Å². The van der Waals surface area contributed by atoms with Crippen molar-refractivity contribution in [1.29, 1.82) is 0 Å². The Kier molecular flexibility index (Phi) is 7.97. The number of amides is 2. The Hall–Kier alpha value is -3.76. The molecule has 0 bridgehead atoms. The van der Waals surface area contributed by atoms with Gasteiger partial charge in [-0.2, -0.15) is 0 Å². The SMILES string of the molecule is COc1cccc(OC)c1C(=O)NC(=S)Nc1ccc(N2CCN(C(=O)c3ccco3)CC2)c(Cl)c1. The molecule has 0 atom stereocenters. The third-order valence-electron chi connectivity index (χ3n) is 5.73. The lowest BCUT2D eigenvalue weighted by Gasteiger charge is -2.36. The first-order chi connectivity index (χ1) is 17.4. The summed E-state index contributed by atoms with van der Waals surface area (Å²) < 4.78 is 15.8. The monoisotopic (exact) mass is 528 g/mol. The zero-order valence-corrected chi connectivity index (χ0v) is 21.3. The Morgan fingerprint density at radius 2 is 1.69 bits per heavy atom. The quantitative estimate of drug-likeness (QED) is 0.463. The molecule has 0 saturated carbocycles. The van der Waals surface area contributed by atoms with E-state index in [9.17, 15) is 9.59 Å². The smallest absolute Gasteiger partial charge is 0.289 e. The molecule has 2 N–H and O–H groups in total. The van der Waals surface area contributed by atoms with Gasteiger partial charge in [-0.15, -0.1) is 0 Å². The van der Waals surface area contributed by atoms with Crippen LogP contribution in [0.5, 0.6) is 11.5 Å². The van der Waals surface area contributed by atoms with Gasteiger partial charge in [-0.1, -0.05) is 17.7 Å².